The van der Waals surface area contributed by atoms with Crippen molar-refractivity contribution in [1.29, 1.82) is 0 Å². The molecule has 0 bridgehead atoms. The first kappa shape index (κ1) is 18.5. The minimum absolute atomic E-state index is 0.0281. The lowest BCUT2D eigenvalue weighted by atomic mass is 10.0. The third kappa shape index (κ3) is 4.36. The van der Waals surface area contributed by atoms with Gasteiger partial charge in [0, 0.05) is 12.1 Å². The number of hydrogen-bond acceptors (Lipinski definition) is 6. The first-order chi connectivity index (χ1) is 11.2. The third-order valence-corrected chi connectivity index (χ3v) is 4.78. The fraction of sp³-hybridized carbons (Fsp3) is 0.538. The van der Waals surface area contributed by atoms with Crippen LogP contribution in [0.1, 0.15) is 12.8 Å². The third-order valence-electron chi connectivity index (χ3n) is 3.87. The van der Waals surface area contributed by atoms with Crippen LogP contribution in [0.4, 0.5) is 20.2 Å². The Balaban J connectivity index is 2.49. The number of halogens is 2. The van der Waals surface area contributed by atoms with Gasteiger partial charge in [0.05, 0.1) is 16.4 Å². The predicted octanol–water partition coefficient (Wildman–Crippen LogP) is 1.07. The van der Waals surface area contributed by atoms with Gasteiger partial charge in [-0.2, -0.15) is 0 Å². The molecule has 0 aliphatic carbocycles. The maximum absolute atomic E-state index is 13.0. The summed E-state index contributed by atoms with van der Waals surface area (Å²) in [4.78, 5) is 11.4. The SMILES string of the molecule is NS(=O)(=O)c1ccc(N(CC(F)F)C2CCNCC2)c([N+](=O)[O-])c1. The Bertz CT molecular complexity index is 708. The number of primary sulfonamides is 1. The van der Waals surface area contributed by atoms with E-state index in [-0.39, 0.29) is 11.7 Å². The van der Waals surface area contributed by atoms with Crippen molar-refractivity contribution in [3.63, 3.8) is 0 Å². The average Bonchev–Trinajstić information content (AvgIpc) is 2.52. The Hall–Kier alpha value is -1.85. The molecular formula is C13H18F2N4O4S. The zero-order valence-electron chi connectivity index (χ0n) is 12.7. The zero-order chi connectivity index (χ0) is 17.9. The predicted molar refractivity (Wildman–Crippen MR) is 83.7 cm³/mol. The molecule has 0 amide bonds. The Morgan fingerprint density at radius 3 is 2.50 bits per heavy atom. The highest BCUT2D eigenvalue weighted by atomic mass is 32.2. The molecule has 3 N–H and O–H groups in total. The van der Waals surface area contributed by atoms with Gasteiger partial charge in [-0.3, -0.25) is 10.1 Å². The van der Waals surface area contributed by atoms with Crippen LogP contribution in [0.25, 0.3) is 0 Å². The van der Waals surface area contributed by atoms with E-state index in [1.54, 1.807) is 0 Å². The Kier molecular flexibility index (Phi) is 5.67. The average molecular weight is 364 g/mol. The van der Waals surface area contributed by atoms with E-state index in [1.807, 2.05) is 0 Å². The molecule has 24 heavy (non-hydrogen) atoms. The summed E-state index contributed by atoms with van der Waals surface area (Å²) in [6, 6.07) is 2.78. The summed E-state index contributed by atoms with van der Waals surface area (Å²) in [6.07, 6.45) is -1.57. The summed E-state index contributed by atoms with van der Waals surface area (Å²) in [6.45, 7) is 0.571. The monoisotopic (exact) mass is 364 g/mol. The molecule has 134 valence electrons. The van der Waals surface area contributed by atoms with E-state index in [4.69, 9.17) is 5.14 Å². The van der Waals surface area contributed by atoms with Crippen molar-refractivity contribution in [2.75, 3.05) is 24.5 Å². The van der Waals surface area contributed by atoms with Gasteiger partial charge in [-0.25, -0.2) is 22.3 Å². The number of hydrogen-bond donors (Lipinski definition) is 2. The summed E-state index contributed by atoms with van der Waals surface area (Å²) in [5.74, 6) is 0. The zero-order valence-corrected chi connectivity index (χ0v) is 13.5. The number of benzene rings is 1. The highest BCUT2D eigenvalue weighted by molar-refractivity contribution is 7.89. The van der Waals surface area contributed by atoms with Crippen LogP contribution in [0.15, 0.2) is 23.1 Å². The number of nitrogens with two attached hydrogens (primary N) is 1. The molecule has 1 saturated heterocycles. The second-order valence-electron chi connectivity index (χ2n) is 5.48. The van der Waals surface area contributed by atoms with Crippen molar-refractivity contribution in [1.82, 2.24) is 5.32 Å². The quantitative estimate of drug-likeness (QED) is 0.576. The fourth-order valence-corrected chi connectivity index (χ4v) is 3.31. The van der Waals surface area contributed by atoms with Crippen LogP contribution in [0, 0.1) is 10.1 Å². The van der Waals surface area contributed by atoms with Gasteiger partial charge in [0.1, 0.15) is 5.69 Å². The summed E-state index contributed by atoms with van der Waals surface area (Å²) >= 11 is 0. The first-order valence-corrected chi connectivity index (χ1v) is 8.81. The number of nitrogens with one attached hydrogen (secondary N) is 1. The molecule has 0 radical (unpaired) electrons. The number of rotatable bonds is 6. The molecule has 1 aliphatic rings. The second kappa shape index (κ2) is 7.36. The van der Waals surface area contributed by atoms with Crippen molar-refractivity contribution in [3.05, 3.63) is 28.3 Å². The molecule has 0 aromatic heterocycles. The Morgan fingerprint density at radius 2 is 2.00 bits per heavy atom. The minimum atomic E-state index is -4.13. The van der Waals surface area contributed by atoms with E-state index in [9.17, 15) is 27.3 Å². The van der Waals surface area contributed by atoms with Crippen LogP contribution in [0.2, 0.25) is 0 Å². The molecule has 1 aromatic rings. The number of anilines is 1. The van der Waals surface area contributed by atoms with E-state index < -0.39 is 38.5 Å². The van der Waals surface area contributed by atoms with Crippen molar-refractivity contribution in [2.45, 2.75) is 30.2 Å². The smallest absolute Gasteiger partial charge is 0.293 e. The molecule has 2 rings (SSSR count). The number of sulfonamides is 1. The number of nitro groups is 1. The van der Waals surface area contributed by atoms with Crippen LogP contribution in [0.5, 0.6) is 0 Å². The second-order valence-corrected chi connectivity index (χ2v) is 7.04. The van der Waals surface area contributed by atoms with E-state index >= 15 is 0 Å². The van der Waals surface area contributed by atoms with Crippen LogP contribution in [0.3, 0.4) is 0 Å². The molecule has 1 aromatic carbocycles. The molecule has 8 nitrogen and oxygen atoms in total. The summed E-state index contributed by atoms with van der Waals surface area (Å²) in [5.41, 5.74) is -0.583. The number of nitro benzene ring substituents is 1. The molecule has 1 fully saturated rings. The lowest BCUT2D eigenvalue weighted by Crippen LogP contribution is -2.45. The molecule has 0 atom stereocenters. The molecular weight excluding hydrogens is 346 g/mol. The number of nitrogens with zero attached hydrogens (tertiary/aromatic N) is 2. The highest BCUT2D eigenvalue weighted by Gasteiger charge is 2.30. The molecule has 1 heterocycles. The van der Waals surface area contributed by atoms with Crippen LogP contribution in [-0.4, -0.2) is 45.4 Å². The van der Waals surface area contributed by atoms with Crippen molar-refractivity contribution in [3.8, 4) is 0 Å². The summed E-state index contributed by atoms with van der Waals surface area (Å²) < 4.78 is 48.7. The van der Waals surface area contributed by atoms with Crippen LogP contribution >= 0.6 is 0 Å². The van der Waals surface area contributed by atoms with Crippen LogP contribution in [-0.2, 0) is 10.0 Å². The Morgan fingerprint density at radius 1 is 1.38 bits per heavy atom. The maximum Gasteiger partial charge on any atom is 0.293 e. The van der Waals surface area contributed by atoms with Gasteiger partial charge in [0.2, 0.25) is 10.0 Å². The van der Waals surface area contributed by atoms with Gasteiger partial charge in [0.15, 0.2) is 0 Å². The molecule has 0 unspecified atom stereocenters. The van der Waals surface area contributed by atoms with Gasteiger partial charge in [-0.05, 0) is 38.1 Å². The van der Waals surface area contributed by atoms with Crippen molar-refractivity contribution < 1.29 is 22.1 Å². The van der Waals surface area contributed by atoms with Gasteiger partial charge < -0.3 is 10.2 Å². The summed E-state index contributed by atoms with van der Waals surface area (Å²) in [5, 5.41) is 19.4. The maximum atomic E-state index is 13.0. The van der Waals surface area contributed by atoms with Gasteiger partial charge >= 0.3 is 0 Å². The fourth-order valence-electron chi connectivity index (χ4n) is 2.78. The van der Waals surface area contributed by atoms with Crippen molar-refractivity contribution in [2.24, 2.45) is 5.14 Å². The van der Waals surface area contributed by atoms with Crippen molar-refractivity contribution >= 4 is 21.4 Å². The molecule has 1 aliphatic heterocycles. The van der Waals surface area contributed by atoms with E-state index in [1.165, 1.54) is 11.0 Å². The Labute approximate surface area is 137 Å². The first-order valence-electron chi connectivity index (χ1n) is 7.27. The van der Waals surface area contributed by atoms with E-state index in [0.29, 0.717) is 25.9 Å². The van der Waals surface area contributed by atoms with Gasteiger partial charge in [-0.15, -0.1) is 0 Å². The van der Waals surface area contributed by atoms with E-state index in [0.717, 1.165) is 12.1 Å². The van der Waals surface area contributed by atoms with Gasteiger partial charge in [-0.1, -0.05) is 0 Å². The normalized spacial score (nSPS) is 16.3. The number of alkyl halides is 2. The summed E-state index contributed by atoms with van der Waals surface area (Å²) in [7, 11) is -4.13. The van der Waals surface area contributed by atoms with Gasteiger partial charge in [0.25, 0.3) is 12.1 Å². The number of piperidine rings is 1. The topological polar surface area (TPSA) is 119 Å². The standard InChI is InChI=1S/C13H18F2N4O4S/c14-13(15)8-18(9-3-5-17-6-4-9)11-2-1-10(24(16,22)23)7-12(11)19(20)21/h1-2,7,9,13,17H,3-6,8H2,(H2,16,22,23). The minimum Gasteiger partial charge on any atom is -0.357 e. The van der Waals surface area contributed by atoms with E-state index in [2.05, 4.69) is 5.32 Å². The highest BCUT2D eigenvalue weighted by Crippen LogP contribution is 2.33. The molecule has 0 spiro atoms. The molecule has 0 saturated carbocycles. The lowest BCUT2D eigenvalue weighted by molar-refractivity contribution is -0.384. The molecule has 11 heteroatoms. The largest absolute Gasteiger partial charge is 0.357 e. The lowest BCUT2D eigenvalue weighted by Gasteiger charge is -2.35. The van der Waals surface area contributed by atoms with Crippen LogP contribution < -0.4 is 15.4 Å².